The van der Waals surface area contributed by atoms with Crippen molar-refractivity contribution >= 4 is 11.7 Å². The van der Waals surface area contributed by atoms with E-state index >= 15 is 0 Å². The van der Waals surface area contributed by atoms with Crippen LogP contribution in [0.1, 0.15) is 54.7 Å². The fraction of sp³-hybridized carbons (Fsp3) is 0.550. The van der Waals surface area contributed by atoms with Crippen LogP contribution >= 0.6 is 0 Å². The first-order valence-electron chi connectivity index (χ1n) is 9.59. The summed E-state index contributed by atoms with van der Waals surface area (Å²) in [5, 5.41) is 24.2. The molecule has 0 spiro atoms. The predicted molar refractivity (Wildman–Crippen MR) is 102 cm³/mol. The van der Waals surface area contributed by atoms with E-state index in [1.165, 1.54) is 12.8 Å². The third-order valence-electron chi connectivity index (χ3n) is 4.96. The molecule has 1 N–H and O–H groups in total. The van der Waals surface area contributed by atoms with Crippen molar-refractivity contribution in [3.8, 4) is 6.07 Å². The normalized spacial score (nSPS) is 13.4. The maximum Gasteiger partial charge on any atom is 0.230 e. The molecule has 142 valence electrons. The minimum absolute atomic E-state index is 0.108. The van der Waals surface area contributed by atoms with Crippen LogP contribution in [0.5, 0.6) is 0 Å². The third-order valence-corrected chi connectivity index (χ3v) is 4.96. The number of nitriles is 1. The van der Waals surface area contributed by atoms with Gasteiger partial charge in [-0.05, 0) is 64.0 Å². The van der Waals surface area contributed by atoms with Gasteiger partial charge in [0, 0.05) is 24.2 Å². The van der Waals surface area contributed by atoms with Gasteiger partial charge in [-0.2, -0.15) is 15.5 Å². The number of aromatic nitrogens is 4. The first kappa shape index (κ1) is 19.0. The van der Waals surface area contributed by atoms with E-state index in [-0.39, 0.29) is 5.91 Å². The Morgan fingerprint density at radius 1 is 1.30 bits per heavy atom. The molecular weight excluding hydrogens is 340 g/mol. The summed E-state index contributed by atoms with van der Waals surface area (Å²) in [6, 6.07) is 5.79. The summed E-state index contributed by atoms with van der Waals surface area (Å²) in [4.78, 5) is 12.4. The summed E-state index contributed by atoms with van der Waals surface area (Å²) in [6.45, 7) is 4.95. The first-order valence-corrected chi connectivity index (χ1v) is 9.59. The average Bonchev–Trinajstić information content (AvgIpc) is 3.43. The summed E-state index contributed by atoms with van der Waals surface area (Å²) >= 11 is 0. The molecule has 2 heterocycles. The highest BCUT2D eigenvalue weighted by Gasteiger charge is 2.24. The summed E-state index contributed by atoms with van der Waals surface area (Å²) in [6.07, 6.45) is 5.99. The Labute approximate surface area is 159 Å². The second-order valence-corrected chi connectivity index (χ2v) is 7.27. The van der Waals surface area contributed by atoms with Crippen LogP contribution in [-0.4, -0.2) is 25.9 Å². The molecule has 0 unspecified atom stereocenters. The van der Waals surface area contributed by atoms with Gasteiger partial charge in [0.1, 0.15) is 0 Å². The number of hydrogen-bond acceptors (Lipinski definition) is 5. The van der Waals surface area contributed by atoms with Crippen molar-refractivity contribution in [2.24, 2.45) is 5.92 Å². The third kappa shape index (κ3) is 5.36. The number of rotatable bonds is 9. The van der Waals surface area contributed by atoms with Crippen LogP contribution in [-0.2, 0) is 24.2 Å². The molecule has 0 saturated heterocycles. The van der Waals surface area contributed by atoms with E-state index in [1.807, 2.05) is 24.6 Å². The lowest BCUT2D eigenvalue weighted by Crippen LogP contribution is -2.17. The molecule has 7 heteroatoms. The minimum Gasteiger partial charge on any atom is -0.309 e. The van der Waals surface area contributed by atoms with Crippen LogP contribution in [0.25, 0.3) is 0 Å². The van der Waals surface area contributed by atoms with E-state index in [0.717, 1.165) is 54.4 Å². The molecule has 0 aromatic carbocycles. The Bertz CT molecular complexity index is 829. The molecule has 0 bridgehead atoms. The van der Waals surface area contributed by atoms with Gasteiger partial charge in [-0.3, -0.25) is 9.48 Å². The molecule has 0 atom stereocenters. The van der Waals surface area contributed by atoms with Gasteiger partial charge >= 0.3 is 0 Å². The second-order valence-electron chi connectivity index (χ2n) is 7.27. The Balaban J connectivity index is 1.53. The SMILES string of the molecule is Cc1nn(CC2CC2)c(C)c1CC(=O)Nc1ccc(CCCCC#N)nn1. The zero-order valence-electron chi connectivity index (χ0n) is 16.0. The highest BCUT2D eigenvalue weighted by atomic mass is 16.1. The molecule has 1 amide bonds. The fourth-order valence-corrected chi connectivity index (χ4v) is 3.13. The van der Waals surface area contributed by atoms with Crippen molar-refractivity contribution in [3.05, 3.63) is 34.8 Å². The molecule has 27 heavy (non-hydrogen) atoms. The van der Waals surface area contributed by atoms with Crippen molar-refractivity contribution in [3.63, 3.8) is 0 Å². The largest absolute Gasteiger partial charge is 0.309 e. The highest BCUT2D eigenvalue weighted by molar-refractivity contribution is 5.91. The van der Waals surface area contributed by atoms with E-state index in [1.54, 1.807) is 6.07 Å². The molecule has 2 aromatic heterocycles. The Kier molecular flexibility index (Phi) is 6.17. The summed E-state index contributed by atoms with van der Waals surface area (Å²) in [5.41, 5.74) is 3.87. The van der Waals surface area contributed by atoms with E-state index in [9.17, 15) is 4.79 Å². The number of nitrogens with one attached hydrogen (secondary N) is 1. The van der Waals surface area contributed by atoms with Gasteiger partial charge < -0.3 is 5.32 Å². The van der Waals surface area contributed by atoms with Gasteiger partial charge in [-0.25, -0.2) is 0 Å². The second kappa shape index (κ2) is 8.76. The Morgan fingerprint density at radius 3 is 2.78 bits per heavy atom. The van der Waals surface area contributed by atoms with E-state index < -0.39 is 0 Å². The highest BCUT2D eigenvalue weighted by Crippen LogP contribution is 2.31. The minimum atomic E-state index is -0.108. The van der Waals surface area contributed by atoms with Crippen molar-refractivity contribution in [1.29, 1.82) is 5.26 Å². The maximum atomic E-state index is 12.4. The monoisotopic (exact) mass is 366 g/mol. The maximum absolute atomic E-state index is 12.4. The van der Waals surface area contributed by atoms with Gasteiger partial charge in [-0.1, -0.05) is 0 Å². The number of aryl methyl sites for hydroxylation is 2. The van der Waals surface area contributed by atoms with Crippen LogP contribution in [0.2, 0.25) is 0 Å². The average molecular weight is 366 g/mol. The number of hydrogen-bond donors (Lipinski definition) is 1. The molecule has 1 aliphatic rings. The van der Waals surface area contributed by atoms with Gasteiger partial charge in [0.2, 0.25) is 5.91 Å². The molecule has 1 fully saturated rings. The summed E-state index contributed by atoms with van der Waals surface area (Å²) in [5.74, 6) is 1.10. The van der Waals surface area contributed by atoms with Gasteiger partial charge in [0.25, 0.3) is 0 Å². The zero-order chi connectivity index (χ0) is 19.2. The van der Waals surface area contributed by atoms with Gasteiger partial charge in [-0.15, -0.1) is 5.10 Å². The molecule has 2 aromatic rings. The van der Waals surface area contributed by atoms with Crippen LogP contribution < -0.4 is 5.32 Å². The summed E-state index contributed by atoms with van der Waals surface area (Å²) in [7, 11) is 0. The molecule has 7 nitrogen and oxygen atoms in total. The number of carbonyl (C=O) groups is 1. The smallest absolute Gasteiger partial charge is 0.230 e. The Hall–Kier alpha value is -2.75. The van der Waals surface area contributed by atoms with Crippen LogP contribution in [0.15, 0.2) is 12.1 Å². The van der Waals surface area contributed by atoms with Crippen molar-refractivity contribution in [1.82, 2.24) is 20.0 Å². The predicted octanol–water partition coefficient (Wildman–Crippen LogP) is 3.12. The molecule has 0 radical (unpaired) electrons. The Morgan fingerprint density at radius 2 is 2.11 bits per heavy atom. The van der Waals surface area contributed by atoms with Gasteiger partial charge in [0.15, 0.2) is 5.82 Å². The quantitative estimate of drug-likeness (QED) is 0.688. The van der Waals surface area contributed by atoms with E-state index in [4.69, 9.17) is 5.26 Å². The lowest BCUT2D eigenvalue weighted by molar-refractivity contribution is -0.115. The standard InChI is InChI=1S/C20H26N6O/c1-14-18(15(2)26(25-14)13-16-7-8-16)12-20(27)22-19-10-9-17(23-24-19)6-4-3-5-11-21/h9-10,16H,3-8,12-13H2,1-2H3,(H,22,24,27). The molecular formula is C20H26N6O. The molecule has 1 saturated carbocycles. The van der Waals surface area contributed by atoms with Crippen molar-refractivity contribution < 1.29 is 4.79 Å². The fourth-order valence-electron chi connectivity index (χ4n) is 3.13. The van der Waals surface area contributed by atoms with Crippen LogP contribution in [0.4, 0.5) is 5.82 Å². The lowest BCUT2D eigenvalue weighted by atomic mass is 10.1. The van der Waals surface area contributed by atoms with E-state index in [2.05, 4.69) is 26.7 Å². The zero-order valence-corrected chi connectivity index (χ0v) is 16.0. The number of anilines is 1. The van der Waals surface area contributed by atoms with Crippen molar-refractivity contribution in [2.45, 2.75) is 65.3 Å². The number of unbranched alkanes of at least 4 members (excludes halogenated alkanes) is 2. The summed E-state index contributed by atoms with van der Waals surface area (Å²) < 4.78 is 2.04. The van der Waals surface area contributed by atoms with E-state index in [0.29, 0.717) is 18.7 Å². The van der Waals surface area contributed by atoms with Gasteiger partial charge in [0.05, 0.1) is 23.9 Å². The number of carbonyl (C=O) groups excluding carboxylic acids is 1. The first-order chi connectivity index (χ1) is 13.1. The molecule has 3 rings (SSSR count). The van der Waals surface area contributed by atoms with Crippen LogP contribution in [0, 0.1) is 31.1 Å². The molecule has 1 aliphatic carbocycles. The number of amides is 1. The topological polar surface area (TPSA) is 96.5 Å². The van der Waals surface area contributed by atoms with Crippen molar-refractivity contribution in [2.75, 3.05) is 5.32 Å². The number of nitrogens with zero attached hydrogens (tertiary/aromatic N) is 5. The van der Waals surface area contributed by atoms with Crippen LogP contribution in [0.3, 0.4) is 0 Å². The molecule has 0 aliphatic heterocycles. The lowest BCUT2D eigenvalue weighted by Gasteiger charge is -2.06.